The van der Waals surface area contributed by atoms with E-state index in [1.54, 1.807) is 36.6 Å². The fourth-order valence-corrected chi connectivity index (χ4v) is 5.92. The average molecular weight is 622 g/mol. The highest BCUT2D eigenvalue weighted by atomic mass is 79.9. The number of esters is 1. The first-order valence-electron chi connectivity index (χ1n) is 12.7. The molecule has 0 unspecified atom stereocenters. The maximum absolute atomic E-state index is 13.9. The van der Waals surface area contributed by atoms with Gasteiger partial charge in [0.2, 0.25) is 0 Å². The number of hydrogen-bond acceptors (Lipinski definition) is 6. The highest BCUT2D eigenvalue weighted by Crippen LogP contribution is 2.31. The molecule has 0 spiro atoms. The van der Waals surface area contributed by atoms with Gasteiger partial charge in [0.15, 0.2) is 4.80 Å². The van der Waals surface area contributed by atoms with Crippen molar-refractivity contribution in [3.63, 3.8) is 0 Å². The lowest BCUT2D eigenvalue weighted by atomic mass is 9.95. The van der Waals surface area contributed by atoms with Crippen molar-refractivity contribution in [2.24, 2.45) is 4.99 Å². The normalized spacial score (nSPS) is 15.0. The van der Waals surface area contributed by atoms with E-state index in [9.17, 15) is 14.0 Å². The molecule has 0 N–H and O–H groups in total. The summed E-state index contributed by atoms with van der Waals surface area (Å²) in [6.45, 7) is 5.94. The number of halogens is 2. The first-order valence-corrected chi connectivity index (χ1v) is 14.3. The van der Waals surface area contributed by atoms with Gasteiger partial charge in [-0.25, -0.2) is 14.2 Å². The number of nitrogens with zero attached hydrogens (tertiary/aromatic N) is 2. The van der Waals surface area contributed by atoms with E-state index in [-0.39, 0.29) is 24.6 Å². The zero-order chi connectivity index (χ0) is 28.4. The van der Waals surface area contributed by atoms with Gasteiger partial charge in [-0.15, -0.1) is 0 Å². The summed E-state index contributed by atoms with van der Waals surface area (Å²) in [6, 6.07) is 18.7. The number of carbonyl (C=O) groups is 1. The van der Waals surface area contributed by atoms with Crippen LogP contribution in [0.3, 0.4) is 0 Å². The van der Waals surface area contributed by atoms with E-state index in [4.69, 9.17) is 9.47 Å². The lowest BCUT2D eigenvalue weighted by Crippen LogP contribution is -2.39. The third-order valence-corrected chi connectivity index (χ3v) is 7.95. The van der Waals surface area contributed by atoms with Gasteiger partial charge in [-0.1, -0.05) is 69.2 Å². The van der Waals surface area contributed by atoms with E-state index in [0.29, 0.717) is 31.9 Å². The van der Waals surface area contributed by atoms with Crippen LogP contribution in [0.4, 0.5) is 4.39 Å². The maximum atomic E-state index is 13.9. The van der Waals surface area contributed by atoms with Crippen LogP contribution in [0.15, 0.2) is 92.3 Å². The van der Waals surface area contributed by atoms with Gasteiger partial charge in [0.1, 0.15) is 18.2 Å². The molecule has 1 aromatic heterocycles. The van der Waals surface area contributed by atoms with Gasteiger partial charge < -0.3 is 9.47 Å². The topological polar surface area (TPSA) is 69.9 Å². The summed E-state index contributed by atoms with van der Waals surface area (Å²) in [5.41, 5.74) is 3.95. The summed E-state index contributed by atoms with van der Waals surface area (Å²) in [7, 11) is 0. The van der Waals surface area contributed by atoms with Crippen LogP contribution in [0.1, 0.15) is 42.1 Å². The zero-order valence-electron chi connectivity index (χ0n) is 22.1. The molecule has 3 aromatic carbocycles. The lowest BCUT2D eigenvalue weighted by molar-refractivity contribution is -0.139. The van der Waals surface area contributed by atoms with Crippen LogP contribution < -0.4 is 19.6 Å². The summed E-state index contributed by atoms with van der Waals surface area (Å²) in [5.74, 6) is -0.238. The van der Waals surface area contributed by atoms with Crippen LogP contribution in [-0.4, -0.2) is 17.1 Å². The fraction of sp³-hybridized carbons (Fsp3) is 0.194. The Balaban J connectivity index is 1.61. The van der Waals surface area contributed by atoms with Crippen molar-refractivity contribution < 1.29 is 18.7 Å². The molecule has 0 aliphatic carbocycles. The molecular formula is C31H26BrFN2O4S. The number of rotatable bonds is 7. The number of aryl methyl sites for hydroxylation is 1. The first-order chi connectivity index (χ1) is 19.2. The molecule has 1 atom stereocenters. The lowest BCUT2D eigenvalue weighted by Gasteiger charge is -2.24. The molecule has 0 saturated carbocycles. The van der Waals surface area contributed by atoms with E-state index in [2.05, 4.69) is 20.9 Å². The summed E-state index contributed by atoms with van der Waals surface area (Å²) < 4.78 is 27.6. The summed E-state index contributed by atoms with van der Waals surface area (Å²) in [6.07, 6.45) is 1.77. The Kier molecular flexibility index (Phi) is 8.14. The van der Waals surface area contributed by atoms with Gasteiger partial charge in [0.25, 0.3) is 5.56 Å². The highest BCUT2D eigenvalue weighted by molar-refractivity contribution is 9.10. The number of allylic oxidation sites excluding steroid dienone is 1. The minimum Gasteiger partial charge on any atom is -0.488 e. The second-order valence-electron chi connectivity index (χ2n) is 9.31. The van der Waals surface area contributed by atoms with E-state index in [1.807, 2.05) is 49.4 Å². The fourth-order valence-electron chi connectivity index (χ4n) is 4.50. The van der Waals surface area contributed by atoms with Crippen molar-refractivity contribution in [2.75, 3.05) is 6.61 Å². The number of aromatic nitrogens is 1. The molecule has 0 amide bonds. The molecule has 5 rings (SSSR count). The van der Waals surface area contributed by atoms with Crippen LogP contribution in [0.25, 0.3) is 6.08 Å². The van der Waals surface area contributed by atoms with Crippen LogP contribution in [0.5, 0.6) is 5.75 Å². The smallest absolute Gasteiger partial charge is 0.338 e. The predicted molar refractivity (Wildman–Crippen MR) is 156 cm³/mol. The second-order valence-corrected chi connectivity index (χ2v) is 11.2. The van der Waals surface area contributed by atoms with Gasteiger partial charge in [0.05, 0.1) is 28.5 Å². The molecule has 0 radical (unpaired) electrons. The number of thiazole rings is 1. The summed E-state index contributed by atoms with van der Waals surface area (Å²) in [5, 5.41) is 0. The van der Waals surface area contributed by atoms with Crippen molar-refractivity contribution in [1.82, 2.24) is 4.57 Å². The Hall–Kier alpha value is -3.82. The van der Waals surface area contributed by atoms with Crippen molar-refractivity contribution in [2.45, 2.75) is 33.4 Å². The molecule has 9 heteroatoms. The van der Waals surface area contributed by atoms with Gasteiger partial charge in [-0.3, -0.25) is 9.36 Å². The van der Waals surface area contributed by atoms with Gasteiger partial charge in [-0.2, -0.15) is 0 Å². The molecule has 40 heavy (non-hydrogen) atoms. The van der Waals surface area contributed by atoms with Gasteiger partial charge >= 0.3 is 5.97 Å². The standard InChI is InChI=1S/C31H26BrFN2O4S/c1-4-38-30(37)27-19(3)34-31-35(28(27)21-9-5-18(2)6-10-21)29(36)26(40-31)16-22-15-23(32)11-14-25(22)39-17-20-7-12-24(33)13-8-20/h5-16,28H,4,17H2,1-3H3/b26-16+/t28-/m0/s1. The number of hydrogen-bond donors (Lipinski definition) is 0. The maximum Gasteiger partial charge on any atom is 0.338 e. The highest BCUT2D eigenvalue weighted by Gasteiger charge is 2.33. The van der Waals surface area contributed by atoms with E-state index in [0.717, 1.165) is 21.2 Å². The SMILES string of the molecule is CCOC(=O)C1=C(C)N=c2s/c(=C/c3cc(Br)ccc3OCc3ccc(F)cc3)c(=O)n2[C@H]1c1ccc(C)cc1. The number of benzene rings is 3. The Morgan fingerprint density at radius 2 is 1.82 bits per heavy atom. The number of ether oxygens (including phenoxy) is 2. The Morgan fingerprint density at radius 3 is 2.52 bits per heavy atom. The van der Waals surface area contributed by atoms with Crippen molar-refractivity contribution in [3.05, 3.63) is 130 Å². The van der Waals surface area contributed by atoms with Crippen molar-refractivity contribution >= 4 is 39.3 Å². The van der Waals surface area contributed by atoms with E-state index < -0.39 is 12.0 Å². The van der Waals surface area contributed by atoms with Crippen LogP contribution >= 0.6 is 27.3 Å². The van der Waals surface area contributed by atoms with E-state index in [1.165, 1.54) is 23.5 Å². The average Bonchev–Trinajstić information content (AvgIpc) is 3.23. The third kappa shape index (κ3) is 5.71. The van der Waals surface area contributed by atoms with Crippen LogP contribution in [-0.2, 0) is 16.1 Å². The molecule has 1 aliphatic rings. The second kappa shape index (κ2) is 11.7. The van der Waals surface area contributed by atoms with Crippen LogP contribution in [0.2, 0.25) is 0 Å². The van der Waals surface area contributed by atoms with E-state index >= 15 is 0 Å². The molecule has 2 heterocycles. The van der Waals surface area contributed by atoms with Crippen molar-refractivity contribution in [1.29, 1.82) is 0 Å². The Labute approximate surface area is 242 Å². The molecule has 6 nitrogen and oxygen atoms in total. The molecule has 4 aromatic rings. The summed E-state index contributed by atoms with van der Waals surface area (Å²) >= 11 is 4.76. The largest absolute Gasteiger partial charge is 0.488 e. The van der Waals surface area contributed by atoms with Gasteiger partial charge in [0, 0.05) is 10.0 Å². The minimum atomic E-state index is -0.672. The zero-order valence-corrected chi connectivity index (χ0v) is 24.5. The van der Waals surface area contributed by atoms with Gasteiger partial charge in [-0.05, 0) is 68.3 Å². The third-order valence-electron chi connectivity index (χ3n) is 6.48. The molecule has 1 aliphatic heterocycles. The predicted octanol–water partition coefficient (Wildman–Crippen LogP) is 5.59. The molecular weight excluding hydrogens is 595 g/mol. The van der Waals surface area contributed by atoms with Crippen LogP contribution in [0, 0.1) is 12.7 Å². The number of carbonyl (C=O) groups excluding carboxylic acids is 1. The molecule has 204 valence electrons. The number of fused-ring (bicyclic) bond motifs is 1. The first kappa shape index (κ1) is 27.7. The molecule has 0 saturated heterocycles. The molecule has 0 bridgehead atoms. The Bertz CT molecular complexity index is 1790. The quantitative estimate of drug-likeness (QED) is 0.253. The van der Waals surface area contributed by atoms with Crippen molar-refractivity contribution in [3.8, 4) is 5.75 Å². The summed E-state index contributed by atoms with van der Waals surface area (Å²) in [4.78, 5) is 32.1. The monoisotopic (exact) mass is 620 g/mol. The minimum absolute atomic E-state index is 0.213. The molecule has 0 fully saturated rings. The Morgan fingerprint density at radius 1 is 1.10 bits per heavy atom.